The molecule has 160 valence electrons. The second-order valence-corrected chi connectivity index (χ2v) is 6.27. The number of benzene rings is 2. The SMILES string of the molecule is O=C(NCc1ccncc1)Nc1ccc(C(=O)Nc2cccc(OC(F)(F)F)c2)cc1. The molecule has 3 N–H and O–H groups in total. The van der Waals surface area contributed by atoms with Crippen molar-refractivity contribution in [1.82, 2.24) is 10.3 Å². The average molecular weight is 430 g/mol. The summed E-state index contributed by atoms with van der Waals surface area (Å²) in [4.78, 5) is 28.2. The first kappa shape index (κ1) is 21.6. The molecule has 0 radical (unpaired) electrons. The van der Waals surface area contributed by atoms with E-state index in [-0.39, 0.29) is 11.3 Å². The maximum absolute atomic E-state index is 12.3. The van der Waals surface area contributed by atoms with E-state index in [9.17, 15) is 22.8 Å². The van der Waals surface area contributed by atoms with Crippen LogP contribution in [0.5, 0.6) is 5.75 Å². The number of halogens is 3. The van der Waals surface area contributed by atoms with Crippen molar-refractivity contribution in [2.45, 2.75) is 12.9 Å². The van der Waals surface area contributed by atoms with Crippen molar-refractivity contribution < 1.29 is 27.5 Å². The number of urea groups is 1. The Morgan fingerprint density at radius 3 is 2.29 bits per heavy atom. The molecule has 0 saturated carbocycles. The molecule has 0 unspecified atom stereocenters. The molecule has 1 heterocycles. The van der Waals surface area contributed by atoms with E-state index in [2.05, 4.69) is 25.7 Å². The highest BCUT2D eigenvalue weighted by Crippen LogP contribution is 2.25. The second kappa shape index (κ2) is 9.61. The van der Waals surface area contributed by atoms with Crippen LogP contribution in [-0.2, 0) is 6.54 Å². The Balaban J connectivity index is 1.54. The number of carbonyl (C=O) groups is 2. The van der Waals surface area contributed by atoms with Crippen molar-refractivity contribution in [3.05, 3.63) is 84.2 Å². The lowest BCUT2D eigenvalue weighted by Crippen LogP contribution is -2.28. The molecule has 31 heavy (non-hydrogen) atoms. The highest BCUT2D eigenvalue weighted by Gasteiger charge is 2.31. The number of hydrogen-bond acceptors (Lipinski definition) is 4. The average Bonchev–Trinajstić information content (AvgIpc) is 2.72. The first-order chi connectivity index (χ1) is 14.8. The summed E-state index contributed by atoms with van der Waals surface area (Å²) >= 11 is 0. The maximum atomic E-state index is 12.3. The monoisotopic (exact) mass is 430 g/mol. The van der Waals surface area contributed by atoms with Gasteiger partial charge in [-0.15, -0.1) is 13.2 Å². The van der Waals surface area contributed by atoms with E-state index in [0.717, 1.165) is 17.7 Å². The number of nitrogens with one attached hydrogen (secondary N) is 3. The summed E-state index contributed by atoms with van der Waals surface area (Å²) < 4.78 is 40.8. The minimum absolute atomic E-state index is 0.143. The summed E-state index contributed by atoms with van der Waals surface area (Å²) in [5, 5.41) is 7.82. The summed E-state index contributed by atoms with van der Waals surface area (Å²) in [5.74, 6) is -0.972. The Morgan fingerprint density at radius 2 is 1.61 bits per heavy atom. The fourth-order valence-electron chi connectivity index (χ4n) is 2.54. The molecule has 0 saturated heterocycles. The molecule has 3 aromatic rings. The molecular formula is C21H17F3N4O3. The van der Waals surface area contributed by atoms with Gasteiger partial charge in [0.2, 0.25) is 0 Å². The van der Waals surface area contributed by atoms with Crippen LogP contribution in [-0.4, -0.2) is 23.3 Å². The van der Waals surface area contributed by atoms with Crippen LogP contribution in [0.3, 0.4) is 0 Å². The Hall–Kier alpha value is -4.08. The second-order valence-electron chi connectivity index (χ2n) is 6.27. The number of rotatable bonds is 6. The van der Waals surface area contributed by atoms with E-state index in [4.69, 9.17) is 0 Å². The van der Waals surface area contributed by atoms with Gasteiger partial charge in [0.15, 0.2) is 0 Å². The van der Waals surface area contributed by atoms with Crippen LogP contribution in [0.4, 0.5) is 29.3 Å². The van der Waals surface area contributed by atoms with Crippen LogP contribution < -0.4 is 20.7 Å². The van der Waals surface area contributed by atoms with E-state index in [1.54, 1.807) is 24.5 Å². The molecule has 1 aromatic heterocycles. The number of carbonyl (C=O) groups excluding carboxylic acids is 2. The Morgan fingerprint density at radius 1 is 0.903 bits per heavy atom. The topological polar surface area (TPSA) is 92.4 Å². The van der Waals surface area contributed by atoms with Crippen molar-refractivity contribution in [3.63, 3.8) is 0 Å². The van der Waals surface area contributed by atoms with Crippen LogP contribution in [0.2, 0.25) is 0 Å². The molecule has 3 amide bonds. The highest BCUT2D eigenvalue weighted by molar-refractivity contribution is 6.04. The summed E-state index contributed by atoms with van der Waals surface area (Å²) in [6.45, 7) is 0.325. The van der Waals surface area contributed by atoms with E-state index in [1.165, 1.54) is 36.4 Å². The van der Waals surface area contributed by atoms with Crippen molar-refractivity contribution >= 4 is 23.3 Å². The van der Waals surface area contributed by atoms with Crippen molar-refractivity contribution in [3.8, 4) is 5.75 Å². The van der Waals surface area contributed by atoms with Gasteiger partial charge in [0.05, 0.1) is 0 Å². The number of ether oxygens (including phenoxy) is 1. The van der Waals surface area contributed by atoms with Crippen molar-refractivity contribution in [1.29, 1.82) is 0 Å². The third-order valence-electron chi connectivity index (χ3n) is 3.93. The van der Waals surface area contributed by atoms with Gasteiger partial charge in [-0.05, 0) is 54.1 Å². The van der Waals surface area contributed by atoms with Gasteiger partial charge in [-0.25, -0.2) is 4.79 Å². The predicted molar refractivity (Wildman–Crippen MR) is 108 cm³/mol. The first-order valence-corrected chi connectivity index (χ1v) is 8.99. The maximum Gasteiger partial charge on any atom is 0.573 e. The van der Waals surface area contributed by atoms with Crippen LogP contribution >= 0.6 is 0 Å². The van der Waals surface area contributed by atoms with Crippen molar-refractivity contribution in [2.75, 3.05) is 10.6 Å². The van der Waals surface area contributed by atoms with E-state index >= 15 is 0 Å². The summed E-state index contributed by atoms with van der Waals surface area (Å²) in [5.41, 5.74) is 1.75. The zero-order chi connectivity index (χ0) is 22.3. The number of anilines is 2. The predicted octanol–water partition coefficient (Wildman–Crippen LogP) is 4.55. The van der Waals surface area contributed by atoms with Crippen LogP contribution in [0.25, 0.3) is 0 Å². The normalized spacial score (nSPS) is 10.8. The van der Waals surface area contributed by atoms with Crippen LogP contribution in [0.15, 0.2) is 73.1 Å². The van der Waals surface area contributed by atoms with Crippen LogP contribution in [0, 0.1) is 0 Å². The summed E-state index contributed by atoms with van der Waals surface area (Å²) in [6, 6.07) is 14.1. The molecule has 0 spiro atoms. The Bertz CT molecular complexity index is 1040. The number of aromatic nitrogens is 1. The quantitative estimate of drug-likeness (QED) is 0.535. The molecule has 0 aliphatic carbocycles. The number of hydrogen-bond donors (Lipinski definition) is 3. The third-order valence-corrected chi connectivity index (χ3v) is 3.93. The minimum Gasteiger partial charge on any atom is -0.406 e. The van der Waals surface area contributed by atoms with Gasteiger partial charge in [-0.2, -0.15) is 0 Å². The molecular weight excluding hydrogens is 413 g/mol. The fourth-order valence-corrected chi connectivity index (χ4v) is 2.54. The summed E-state index contributed by atoms with van der Waals surface area (Å²) in [6.07, 6.45) is -1.58. The zero-order valence-electron chi connectivity index (χ0n) is 15.9. The lowest BCUT2D eigenvalue weighted by atomic mass is 10.2. The lowest BCUT2D eigenvalue weighted by molar-refractivity contribution is -0.274. The molecule has 7 nitrogen and oxygen atoms in total. The molecule has 0 bridgehead atoms. The standard InChI is InChI=1S/C21H17F3N4O3/c22-21(23,24)31-18-3-1-2-17(12-18)27-19(29)15-4-6-16(7-5-15)28-20(30)26-13-14-8-10-25-11-9-14/h1-12H,13H2,(H,27,29)(H2,26,28,30). The fraction of sp³-hybridized carbons (Fsp3) is 0.0952. The van der Waals surface area contributed by atoms with Crippen molar-refractivity contribution in [2.24, 2.45) is 0 Å². The molecule has 2 aromatic carbocycles. The molecule has 0 fully saturated rings. The van der Waals surface area contributed by atoms with Gasteiger partial charge in [0.25, 0.3) is 5.91 Å². The van der Waals surface area contributed by atoms with Gasteiger partial charge >= 0.3 is 12.4 Å². The minimum atomic E-state index is -4.82. The number of nitrogens with zero attached hydrogens (tertiary/aromatic N) is 1. The smallest absolute Gasteiger partial charge is 0.406 e. The Kier molecular flexibility index (Phi) is 6.71. The molecule has 3 rings (SSSR count). The van der Waals surface area contributed by atoms with E-state index < -0.39 is 24.1 Å². The largest absolute Gasteiger partial charge is 0.573 e. The van der Waals surface area contributed by atoms with Crippen LogP contribution in [0.1, 0.15) is 15.9 Å². The third kappa shape index (κ3) is 7.03. The molecule has 0 aliphatic rings. The van der Waals surface area contributed by atoms with E-state index in [0.29, 0.717) is 12.2 Å². The number of pyridine rings is 1. The number of alkyl halides is 3. The Labute approximate surface area is 175 Å². The van der Waals surface area contributed by atoms with Gasteiger partial charge in [-0.1, -0.05) is 6.07 Å². The lowest BCUT2D eigenvalue weighted by Gasteiger charge is -2.11. The zero-order valence-corrected chi connectivity index (χ0v) is 15.9. The summed E-state index contributed by atoms with van der Waals surface area (Å²) in [7, 11) is 0. The van der Waals surface area contributed by atoms with Gasteiger partial charge in [0, 0.05) is 41.9 Å². The van der Waals surface area contributed by atoms with E-state index in [1.807, 2.05) is 0 Å². The molecule has 0 atom stereocenters. The van der Waals surface area contributed by atoms with Gasteiger partial charge in [0.1, 0.15) is 5.75 Å². The van der Waals surface area contributed by atoms with Gasteiger partial charge < -0.3 is 20.7 Å². The molecule has 0 aliphatic heterocycles. The highest BCUT2D eigenvalue weighted by atomic mass is 19.4. The van der Waals surface area contributed by atoms with Gasteiger partial charge in [-0.3, -0.25) is 9.78 Å². The first-order valence-electron chi connectivity index (χ1n) is 8.99. The molecule has 10 heteroatoms. The number of amides is 3.